The smallest absolute Gasteiger partial charge is 0.279 e. The van der Waals surface area contributed by atoms with Crippen molar-refractivity contribution in [3.63, 3.8) is 0 Å². The summed E-state index contributed by atoms with van der Waals surface area (Å²) in [6, 6.07) is 9.61. The van der Waals surface area contributed by atoms with Gasteiger partial charge in [-0.15, -0.1) is 0 Å². The number of hydrogen-bond acceptors (Lipinski definition) is 5. The summed E-state index contributed by atoms with van der Waals surface area (Å²) in [4.78, 5) is 36.6. The first-order chi connectivity index (χ1) is 11.7. The summed E-state index contributed by atoms with van der Waals surface area (Å²) in [5.74, 6) is 0.935. The van der Waals surface area contributed by atoms with Crippen LogP contribution in [0.4, 0.5) is 0 Å². The molecule has 0 bridgehead atoms. The average molecular weight is 322 g/mol. The largest absolute Gasteiger partial charge is 0.441 e. The fraction of sp³-hybridized carbons (Fsp3) is 0.176. The lowest BCUT2D eigenvalue weighted by Crippen LogP contribution is -2.39. The molecule has 3 heterocycles. The molecule has 0 spiro atoms. The van der Waals surface area contributed by atoms with Crippen LogP contribution in [0.1, 0.15) is 21.9 Å². The monoisotopic (exact) mass is 322 g/mol. The van der Waals surface area contributed by atoms with Crippen molar-refractivity contribution < 1.29 is 9.21 Å². The summed E-state index contributed by atoms with van der Waals surface area (Å²) in [6.45, 7) is 0.770. The van der Waals surface area contributed by atoms with Gasteiger partial charge in [0.1, 0.15) is 11.5 Å². The minimum absolute atomic E-state index is 0.104. The van der Waals surface area contributed by atoms with Crippen LogP contribution in [0, 0.1) is 0 Å². The Labute approximate surface area is 137 Å². The molecule has 0 saturated carbocycles. The van der Waals surface area contributed by atoms with Crippen LogP contribution in [0.15, 0.2) is 51.9 Å². The molecular formula is C17H14N4O3. The molecule has 0 atom stereocenters. The van der Waals surface area contributed by atoms with Gasteiger partial charge >= 0.3 is 0 Å². The Balaban J connectivity index is 1.60. The van der Waals surface area contributed by atoms with E-state index in [4.69, 9.17) is 4.42 Å². The van der Waals surface area contributed by atoms with Crippen LogP contribution >= 0.6 is 0 Å². The summed E-state index contributed by atoms with van der Waals surface area (Å²) in [5, 5.41) is 0. The number of aromatic amines is 1. The van der Waals surface area contributed by atoms with Gasteiger partial charge in [0, 0.05) is 30.9 Å². The average Bonchev–Trinajstić information content (AvgIpc) is 3.05. The molecule has 0 fully saturated rings. The number of oxazole rings is 1. The van der Waals surface area contributed by atoms with E-state index < -0.39 is 11.5 Å². The van der Waals surface area contributed by atoms with Crippen LogP contribution in [-0.4, -0.2) is 32.3 Å². The van der Waals surface area contributed by atoms with Crippen molar-refractivity contribution in [1.82, 2.24) is 19.9 Å². The number of hydrogen-bond donors (Lipinski definition) is 1. The second kappa shape index (κ2) is 5.77. The zero-order valence-corrected chi connectivity index (χ0v) is 12.7. The molecule has 120 valence electrons. The third-order valence-electron chi connectivity index (χ3n) is 3.95. The van der Waals surface area contributed by atoms with Crippen molar-refractivity contribution in [2.75, 3.05) is 6.54 Å². The van der Waals surface area contributed by atoms with Gasteiger partial charge in [-0.25, -0.2) is 9.97 Å². The first-order valence-corrected chi connectivity index (χ1v) is 7.59. The van der Waals surface area contributed by atoms with E-state index in [0.29, 0.717) is 25.4 Å². The highest BCUT2D eigenvalue weighted by atomic mass is 16.4. The molecule has 1 aromatic carbocycles. The molecule has 1 amide bonds. The zero-order chi connectivity index (χ0) is 16.5. The van der Waals surface area contributed by atoms with Gasteiger partial charge in [-0.1, -0.05) is 18.2 Å². The Morgan fingerprint density at radius 3 is 2.88 bits per heavy atom. The summed E-state index contributed by atoms with van der Waals surface area (Å²) in [7, 11) is 0. The maximum Gasteiger partial charge on any atom is 0.279 e. The minimum Gasteiger partial charge on any atom is -0.441 e. The fourth-order valence-electron chi connectivity index (χ4n) is 2.73. The van der Waals surface area contributed by atoms with E-state index >= 15 is 0 Å². The predicted octanol–water partition coefficient (Wildman–Crippen LogP) is 1.62. The first kappa shape index (κ1) is 14.4. The molecule has 0 radical (unpaired) electrons. The SMILES string of the molecule is O=C(c1ncc[nH]c1=O)N1CCc2oc(-c3ccccc3)nc2C1. The van der Waals surface area contributed by atoms with Crippen LogP contribution in [0.2, 0.25) is 0 Å². The van der Waals surface area contributed by atoms with Crippen molar-refractivity contribution in [2.45, 2.75) is 13.0 Å². The maximum absolute atomic E-state index is 12.5. The second-order valence-electron chi connectivity index (χ2n) is 5.50. The van der Waals surface area contributed by atoms with Gasteiger partial charge in [-0.3, -0.25) is 9.59 Å². The number of rotatable bonds is 2. The fourth-order valence-corrected chi connectivity index (χ4v) is 2.73. The quantitative estimate of drug-likeness (QED) is 0.774. The van der Waals surface area contributed by atoms with E-state index in [1.807, 2.05) is 30.3 Å². The van der Waals surface area contributed by atoms with E-state index in [0.717, 1.165) is 17.0 Å². The van der Waals surface area contributed by atoms with Crippen molar-refractivity contribution in [3.05, 3.63) is 70.2 Å². The number of nitrogens with one attached hydrogen (secondary N) is 1. The summed E-state index contributed by atoms with van der Waals surface area (Å²) < 4.78 is 5.82. The van der Waals surface area contributed by atoms with E-state index in [9.17, 15) is 9.59 Å². The Kier molecular flexibility index (Phi) is 3.45. The van der Waals surface area contributed by atoms with Crippen molar-refractivity contribution in [2.24, 2.45) is 0 Å². The Morgan fingerprint density at radius 1 is 1.25 bits per heavy atom. The standard InChI is InChI=1S/C17H14N4O3/c22-15-14(18-7-8-19-15)17(23)21-9-6-13-12(10-21)20-16(24-13)11-4-2-1-3-5-11/h1-5,7-8H,6,9-10H2,(H,19,22). The van der Waals surface area contributed by atoms with Crippen molar-refractivity contribution >= 4 is 5.91 Å². The summed E-state index contributed by atoms with van der Waals surface area (Å²) in [6.07, 6.45) is 3.36. The number of H-pyrrole nitrogens is 1. The molecule has 3 aromatic rings. The highest BCUT2D eigenvalue weighted by Crippen LogP contribution is 2.26. The minimum atomic E-state index is -0.488. The molecular weight excluding hydrogens is 308 g/mol. The van der Waals surface area contributed by atoms with Gasteiger partial charge in [0.2, 0.25) is 5.89 Å². The number of carbonyl (C=O) groups excluding carboxylic acids is 1. The maximum atomic E-state index is 12.5. The number of benzene rings is 1. The van der Waals surface area contributed by atoms with Gasteiger partial charge in [0.15, 0.2) is 5.69 Å². The lowest BCUT2D eigenvalue weighted by molar-refractivity contribution is 0.0720. The van der Waals surface area contributed by atoms with Crippen LogP contribution in [0.5, 0.6) is 0 Å². The van der Waals surface area contributed by atoms with E-state index in [1.165, 1.54) is 12.4 Å². The molecule has 1 N–H and O–H groups in total. The molecule has 0 aliphatic carbocycles. The molecule has 4 rings (SSSR count). The number of carbonyl (C=O) groups is 1. The van der Waals surface area contributed by atoms with E-state index in [-0.39, 0.29) is 5.69 Å². The summed E-state index contributed by atoms with van der Waals surface area (Å²) in [5.41, 5.74) is 1.03. The third-order valence-corrected chi connectivity index (χ3v) is 3.95. The van der Waals surface area contributed by atoms with Crippen LogP contribution < -0.4 is 5.56 Å². The van der Waals surface area contributed by atoms with Gasteiger partial charge in [0.05, 0.1) is 6.54 Å². The van der Waals surface area contributed by atoms with Gasteiger partial charge in [-0.2, -0.15) is 0 Å². The topological polar surface area (TPSA) is 92.1 Å². The highest BCUT2D eigenvalue weighted by molar-refractivity contribution is 5.92. The van der Waals surface area contributed by atoms with Crippen molar-refractivity contribution in [1.29, 1.82) is 0 Å². The predicted molar refractivity (Wildman–Crippen MR) is 85.2 cm³/mol. The van der Waals surface area contributed by atoms with Crippen molar-refractivity contribution in [3.8, 4) is 11.5 Å². The normalized spacial score (nSPS) is 13.6. The highest BCUT2D eigenvalue weighted by Gasteiger charge is 2.28. The van der Waals surface area contributed by atoms with E-state index in [2.05, 4.69) is 15.0 Å². The van der Waals surface area contributed by atoms with Gasteiger partial charge in [0.25, 0.3) is 11.5 Å². The molecule has 7 heteroatoms. The van der Waals surface area contributed by atoms with Crippen LogP contribution in [0.25, 0.3) is 11.5 Å². The lowest BCUT2D eigenvalue weighted by Gasteiger charge is -2.24. The Bertz CT molecular complexity index is 946. The summed E-state index contributed by atoms with van der Waals surface area (Å²) >= 11 is 0. The zero-order valence-electron chi connectivity index (χ0n) is 12.7. The van der Waals surface area contributed by atoms with Crippen LogP contribution in [0.3, 0.4) is 0 Å². The number of aromatic nitrogens is 3. The lowest BCUT2D eigenvalue weighted by atomic mass is 10.1. The number of fused-ring (bicyclic) bond motifs is 1. The number of amides is 1. The second-order valence-corrected chi connectivity index (χ2v) is 5.50. The third kappa shape index (κ3) is 2.50. The van der Waals surface area contributed by atoms with E-state index in [1.54, 1.807) is 4.90 Å². The molecule has 1 aliphatic heterocycles. The van der Waals surface area contributed by atoms with Gasteiger partial charge < -0.3 is 14.3 Å². The molecule has 0 unspecified atom stereocenters. The first-order valence-electron chi connectivity index (χ1n) is 7.59. The molecule has 1 aliphatic rings. The molecule has 0 saturated heterocycles. The van der Waals surface area contributed by atoms with Crippen LogP contribution in [-0.2, 0) is 13.0 Å². The number of nitrogens with zero attached hydrogens (tertiary/aromatic N) is 3. The Hall–Kier alpha value is -3.22. The molecule has 24 heavy (non-hydrogen) atoms. The Morgan fingerprint density at radius 2 is 2.08 bits per heavy atom. The molecule has 2 aromatic heterocycles. The molecule has 7 nitrogen and oxygen atoms in total. The van der Waals surface area contributed by atoms with Gasteiger partial charge in [-0.05, 0) is 12.1 Å².